The van der Waals surface area contributed by atoms with Crippen molar-refractivity contribution in [1.82, 2.24) is 0 Å². The summed E-state index contributed by atoms with van der Waals surface area (Å²) in [5.41, 5.74) is 5.18. The van der Waals surface area contributed by atoms with Gasteiger partial charge < -0.3 is 19.9 Å². The van der Waals surface area contributed by atoms with Crippen molar-refractivity contribution in [2.45, 2.75) is 31.0 Å². The van der Waals surface area contributed by atoms with Crippen LogP contribution in [0.2, 0.25) is 0 Å². The Hall–Kier alpha value is -0.370. The Balaban J connectivity index is 2.09. The molecule has 4 nitrogen and oxygen atoms in total. The van der Waals surface area contributed by atoms with Crippen molar-refractivity contribution in [2.24, 2.45) is 5.73 Å². The lowest BCUT2D eigenvalue weighted by Gasteiger charge is -2.35. The second kappa shape index (κ2) is 7.28. The lowest BCUT2D eigenvalue weighted by molar-refractivity contribution is -0.176. The Labute approximate surface area is 105 Å². The van der Waals surface area contributed by atoms with Gasteiger partial charge in [-0.05, 0) is 19.3 Å². The molecule has 0 radical (unpaired) electrons. The van der Waals surface area contributed by atoms with Gasteiger partial charge in [0.25, 0.3) is 0 Å². The van der Waals surface area contributed by atoms with Crippen LogP contribution < -0.4 is 5.73 Å². The molecule has 7 heteroatoms. The standard InChI is InChI=1S/C11H20F3NO3/c12-11(13,14)9-17-5-2-6-18-10(7-15)3-1-4-16-8-10/h1-9,15H2. The zero-order chi connectivity index (χ0) is 13.5. The van der Waals surface area contributed by atoms with Crippen LogP contribution in [0.25, 0.3) is 0 Å². The lowest BCUT2D eigenvalue weighted by atomic mass is 9.96. The van der Waals surface area contributed by atoms with E-state index in [9.17, 15) is 13.2 Å². The lowest BCUT2D eigenvalue weighted by Crippen LogP contribution is -2.48. The van der Waals surface area contributed by atoms with Crippen molar-refractivity contribution in [1.29, 1.82) is 0 Å². The predicted molar refractivity (Wildman–Crippen MR) is 59.3 cm³/mol. The molecular formula is C11H20F3NO3. The van der Waals surface area contributed by atoms with Crippen molar-refractivity contribution in [2.75, 3.05) is 39.6 Å². The van der Waals surface area contributed by atoms with Gasteiger partial charge >= 0.3 is 6.18 Å². The van der Waals surface area contributed by atoms with Gasteiger partial charge in [-0.15, -0.1) is 0 Å². The first kappa shape index (κ1) is 15.7. The summed E-state index contributed by atoms with van der Waals surface area (Å²) >= 11 is 0. The molecule has 0 aliphatic carbocycles. The summed E-state index contributed by atoms with van der Waals surface area (Å²) in [7, 11) is 0. The molecule has 1 fully saturated rings. The van der Waals surface area contributed by atoms with Gasteiger partial charge in [0.05, 0.1) is 6.61 Å². The summed E-state index contributed by atoms with van der Waals surface area (Å²) in [6, 6.07) is 0. The van der Waals surface area contributed by atoms with E-state index in [2.05, 4.69) is 4.74 Å². The predicted octanol–water partition coefficient (Wildman–Crippen LogP) is 1.48. The summed E-state index contributed by atoms with van der Waals surface area (Å²) in [6.07, 6.45) is -2.14. The second-order valence-electron chi connectivity index (χ2n) is 4.41. The fourth-order valence-electron chi connectivity index (χ4n) is 1.80. The first-order chi connectivity index (χ1) is 8.47. The van der Waals surface area contributed by atoms with E-state index in [1.165, 1.54) is 0 Å². The highest BCUT2D eigenvalue weighted by atomic mass is 19.4. The maximum absolute atomic E-state index is 11.8. The average molecular weight is 271 g/mol. The normalized spacial score (nSPS) is 25.3. The van der Waals surface area contributed by atoms with Gasteiger partial charge in [0.15, 0.2) is 0 Å². The summed E-state index contributed by atoms with van der Waals surface area (Å²) in [6.45, 7) is 0.667. The van der Waals surface area contributed by atoms with Crippen LogP contribution in [0.3, 0.4) is 0 Å². The molecule has 2 N–H and O–H groups in total. The molecule has 0 amide bonds. The van der Waals surface area contributed by atoms with E-state index in [1.54, 1.807) is 0 Å². The summed E-state index contributed by atoms with van der Waals surface area (Å²) < 4.78 is 50.8. The summed E-state index contributed by atoms with van der Waals surface area (Å²) in [4.78, 5) is 0. The Morgan fingerprint density at radius 1 is 1.28 bits per heavy atom. The minimum atomic E-state index is -4.27. The SMILES string of the molecule is NCC1(OCCCOCC(F)(F)F)CCCOC1. The number of hydrogen-bond donors (Lipinski definition) is 1. The van der Waals surface area contributed by atoms with Crippen molar-refractivity contribution < 1.29 is 27.4 Å². The van der Waals surface area contributed by atoms with Gasteiger partial charge in [-0.2, -0.15) is 13.2 Å². The number of nitrogens with two attached hydrogens (primary N) is 1. The second-order valence-corrected chi connectivity index (χ2v) is 4.41. The summed E-state index contributed by atoms with van der Waals surface area (Å²) in [5.74, 6) is 0. The zero-order valence-electron chi connectivity index (χ0n) is 10.3. The molecule has 18 heavy (non-hydrogen) atoms. The monoisotopic (exact) mass is 271 g/mol. The molecule has 0 aromatic heterocycles. The average Bonchev–Trinajstić information content (AvgIpc) is 2.33. The maximum atomic E-state index is 11.8. The topological polar surface area (TPSA) is 53.7 Å². The van der Waals surface area contributed by atoms with Crippen LogP contribution in [0.1, 0.15) is 19.3 Å². The molecule has 0 saturated carbocycles. The van der Waals surface area contributed by atoms with Crippen LogP contribution in [0.15, 0.2) is 0 Å². The highest BCUT2D eigenvalue weighted by molar-refractivity contribution is 4.84. The molecule has 1 saturated heterocycles. The minimum absolute atomic E-state index is 0.0288. The van der Waals surface area contributed by atoms with Crippen LogP contribution in [-0.4, -0.2) is 51.4 Å². The van der Waals surface area contributed by atoms with Crippen LogP contribution in [0, 0.1) is 0 Å². The van der Waals surface area contributed by atoms with Crippen molar-refractivity contribution in [3.05, 3.63) is 0 Å². The zero-order valence-corrected chi connectivity index (χ0v) is 10.3. The molecule has 1 rings (SSSR count). The highest BCUT2D eigenvalue weighted by Gasteiger charge is 2.32. The number of ether oxygens (including phenoxy) is 3. The van der Waals surface area contributed by atoms with Gasteiger partial charge in [-0.3, -0.25) is 0 Å². The van der Waals surface area contributed by atoms with Crippen LogP contribution in [-0.2, 0) is 14.2 Å². The van der Waals surface area contributed by atoms with Gasteiger partial charge in [-0.25, -0.2) is 0 Å². The number of halogens is 3. The van der Waals surface area contributed by atoms with Crippen LogP contribution >= 0.6 is 0 Å². The Morgan fingerprint density at radius 3 is 2.61 bits per heavy atom. The summed E-state index contributed by atoms with van der Waals surface area (Å²) in [5, 5.41) is 0. The molecule has 1 heterocycles. The minimum Gasteiger partial charge on any atom is -0.378 e. The number of rotatable bonds is 7. The number of alkyl halides is 3. The molecular weight excluding hydrogens is 251 g/mol. The van der Waals surface area contributed by atoms with Crippen LogP contribution in [0.5, 0.6) is 0 Å². The molecule has 1 aliphatic rings. The third kappa shape index (κ3) is 5.99. The molecule has 0 spiro atoms. The van der Waals surface area contributed by atoms with E-state index in [1.807, 2.05) is 0 Å². The van der Waals surface area contributed by atoms with Crippen molar-refractivity contribution >= 4 is 0 Å². The highest BCUT2D eigenvalue weighted by Crippen LogP contribution is 2.22. The van der Waals surface area contributed by atoms with E-state index in [0.29, 0.717) is 32.8 Å². The first-order valence-electron chi connectivity index (χ1n) is 6.04. The van der Waals surface area contributed by atoms with Gasteiger partial charge in [-0.1, -0.05) is 0 Å². The Bertz CT molecular complexity index is 230. The molecule has 1 unspecified atom stereocenters. The van der Waals surface area contributed by atoms with Crippen molar-refractivity contribution in [3.63, 3.8) is 0 Å². The molecule has 0 aromatic carbocycles. The third-order valence-electron chi connectivity index (χ3n) is 2.77. The van der Waals surface area contributed by atoms with E-state index >= 15 is 0 Å². The molecule has 1 atom stereocenters. The van der Waals surface area contributed by atoms with E-state index in [-0.39, 0.29) is 6.61 Å². The largest absolute Gasteiger partial charge is 0.411 e. The maximum Gasteiger partial charge on any atom is 0.411 e. The van der Waals surface area contributed by atoms with Gasteiger partial charge in [0.1, 0.15) is 12.2 Å². The van der Waals surface area contributed by atoms with E-state index in [4.69, 9.17) is 15.2 Å². The quantitative estimate of drug-likeness (QED) is 0.713. The Morgan fingerprint density at radius 2 is 2.06 bits per heavy atom. The fraction of sp³-hybridized carbons (Fsp3) is 1.00. The molecule has 0 aromatic rings. The third-order valence-corrected chi connectivity index (χ3v) is 2.77. The van der Waals surface area contributed by atoms with E-state index < -0.39 is 18.4 Å². The van der Waals surface area contributed by atoms with Crippen molar-refractivity contribution in [3.8, 4) is 0 Å². The van der Waals surface area contributed by atoms with Crippen LogP contribution in [0.4, 0.5) is 13.2 Å². The first-order valence-corrected chi connectivity index (χ1v) is 6.04. The molecule has 1 aliphatic heterocycles. The fourth-order valence-corrected chi connectivity index (χ4v) is 1.80. The van der Waals surface area contributed by atoms with Gasteiger partial charge in [0.2, 0.25) is 0 Å². The Kier molecular flexibility index (Phi) is 6.34. The van der Waals surface area contributed by atoms with Gasteiger partial charge in [0, 0.05) is 26.4 Å². The van der Waals surface area contributed by atoms with E-state index in [0.717, 1.165) is 12.8 Å². The number of hydrogen-bond acceptors (Lipinski definition) is 4. The molecule has 108 valence electrons. The molecule has 0 bridgehead atoms. The smallest absolute Gasteiger partial charge is 0.378 e.